The molecule has 0 bridgehead atoms. The summed E-state index contributed by atoms with van der Waals surface area (Å²) >= 11 is 0. The summed E-state index contributed by atoms with van der Waals surface area (Å²) in [6.45, 7) is 9.70. The molecule has 0 aromatic heterocycles. The number of rotatable bonds is 83. The molecule has 4 unspecified atom stereocenters. The highest BCUT2D eigenvalue weighted by Gasteiger charge is 2.30. The standard InChI is InChI=1S/C84H164O17P2/c1-7-11-13-15-17-18-19-20-21-22-23-24-28-31-34-37-43-49-55-61-67-82(87)95-73-80(101-83(88)68-62-56-50-44-38-35-32-29-26-25-27-30-33-36-41-47-52-58-64-76(5)9-3)75-99-103(92,93)97-71-78(85)70-96-102(90,91)98-74-79(72-94-81(86)66-60-54-46-16-14-12-8-2)100-84(89)69-63-57-51-45-40-39-42-48-53-59-65-77(6)10-4/h76-80,85H,7-75H2,1-6H3,(H,90,91)(H,92,93)/t76?,77?,78-,79+,80+/m0/s1. The largest absolute Gasteiger partial charge is 0.472 e. The Bertz CT molecular complexity index is 1980. The molecular formula is C84H164O17P2. The van der Waals surface area contributed by atoms with E-state index in [1.54, 1.807) is 0 Å². The summed E-state index contributed by atoms with van der Waals surface area (Å²) in [5.41, 5.74) is 0. The second-order valence-corrected chi connectivity index (χ2v) is 33.6. The van der Waals surface area contributed by atoms with Crippen molar-refractivity contribution in [3.8, 4) is 0 Å². The van der Waals surface area contributed by atoms with Crippen LogP contribution in [0.5, 0.6) is 0 Å². The highest BCUT2D eigenvalue weighted by molar-refractivity contribution is 7.47. The van der Waals surface area contributed by atoms with Gasteiger partial charge in [-0.3, -0.25) is 37.3 Å². The maximum absolute atomic E-state index is 13.1. The van der Waals surface area contributed by atoms with E-state index in [-0.39, 0.29) is 25.7 Å². The smallest absolute Gasteiger partial charge is 0.462 e. The SMILES string of the molecule is CCCCCCCCCCCCCCCCCCCCCCC(=O)OC[C@H](COP(=O)(O)OC[C@@H](O)COP(=O)(O)OC[C@@H](COC(=O)CCCCCCCCC)OC(=O)CCCCCCCCCCCCC(C)CC)OC(=O)CCCCCCCCCCCCCCCCCCCCC(C)CC. The number of carbonyl (C=O) groups is 4. The molecule has 0 radical (unpaired) electrons. The first-order chi connectivity index (χ1) is 49.9. The van der Waals surface area contributed by atoms with Gasteiger partial charge in [-0.1, -0.05) is 395 Å². The summed E-state index contributed by atoms with van der Waals surface area (Å²) in [4.78, 5) is 73.0. The first-order valence-electron chi connectivity index (χ1n) is 43.6. The van der Waals surface area contributed by atoms with Crippen molar-refractivity contribution < 1.29 is 80.2 Å². The van der Waals surface area contributed by atoms with Crippen LogP contribution in [0.15, 0.2) is 0 Å². The van der Waals surface area contributed by atoms with E-state index in [4.69, 9.17) is 37.0 Å². The fraction of sp³-hybridized carbons (Fsp3) is 0.952. The van der Waals surface area contributed by atoms with Gasteiger partial charge in [0.05, 0.1) is 26.4 Å². The van der Waals surface area contributed by atoms with Crippen molar-refractivity contribution in [1.29, 1.82) is 0 Å². The maximum atomic E-state index is 13.1. The number of esters is 4. The molecule has 0 aliphatic rings. The van der Waals surface area contributed by atoms with E-state index in [1.807, 2.05) is 0 Å². The summed E-state index contributed by atoms with van der Waals surface area (Å²) in [5.74, 6) is -0.437. The first-order valence-corrected chi connectivity index (χ1v) is 46.6. The summed E-state index contributed by atoms with van der Waals surface area (Å²) in [6, 6.07) is 0. The van der Waals surface area contributed by atoms with Crippen molar-refractivity contribution in [2.75, 3.05) is 39.6 Å². The predicted octanol–water partition coefficient (Wildman–Crippen LogP) is 25.5. The lowest BCUT2D eigenvalue weighted by molar-refractivity contribution is -0.161. The van der Waals surface area contributed by atoms with Gasteiger partial charge < -0.3 is 33.8 Å². The number of unbranched alkanes of at least 4 members (excludes halogenated alkanes) is 51. The normalized spacial score (nSPS) is 14.4. The van der Waals surface area contributed by atoms with Crippen LogP contribution in [0.4, 0.5) is 0 Å². The summed E-state index contributed by atoms with van der Waals surface area (Å²) < 4.78 is 68.7. The highest BCUT2D eigenvalue weighted by atomic mass is 31.2. The minimum Gasteiger partial charge on any atom is -0.462 e. The van der Waals surface area contributed by atoms with Gasteiger partial charge in [0.25, 0.3) is 0 Å². The topological polar surface area (TPSA) is 237 Å². The number of aliphatic hydroxyl groups is 1. The van der Waals surface area contributed by atoms with Gasteiger partial charge in [-0.15, -0.1) is 0 Å². The maximum Gasteiger partial charge on any atom is 0.472 e. The second kappa shape index (κ2) is 75.5. The van der Waals surface area contributed by atoms with E-state index in [1.165, 1.54) is 250 Å². The van der Waals surface area contributed by atoms with Crippen LogP contribution < -0.4 is 0 Å². The average molecular weight is 1510 g/mol. The second-order valence-electron chi connectivity index (χ2n) is 30.7. The van der Waals surface area contributed by atoms with Crippen LogP contribution in [0.25, 0.3) is 0 Å². The summed E-state index contributed by atoms with van der Waals surface area (Å²) in [6.07, 6.45) is 66.8. The van der Waals surface area contributed by atoms with Crippen LogP contribution in [0.1, 0.15) is 446 Å². The molecule has 19 heteroatoms. The van der Waals surface area contributed by atoms with Gasteiger partial charge in [0.1, 0.15) is 19.3 Å². The fourth-order valence-corrected chi connectivity index (χ4v) is 14.6. The third-order valence-electron chi connectivity index (χ3n) is 20.4. The lowest BCUT2D eigenvalue weighted by Gasteiger charge is -2.21. The molecule has 17 nitrogen and oxygen atoms in total. The van der Waals surface area contributed by atoms with E-state index in [2.05, 4.69) is 41.5 Å². The Hall–Kier alpha value is -1.94. The number of aliphatic hydroxyl groups excluding tert-OH is 1. The zero-order valence-corrected chi connectivity index (χ0v) is 69.4. The molecule has 103 heavy (non-hydrogen) atoms. The molecule has 0 fully saturated rings. The van der Waals surface area contributed by atoms with Gasteiger partial charge in [0.2, 0.25) is 0 Å². The summed E-state index contributed by atoms with van der Waals surface area (Å²) in [5, 5.41) is 10.6. The molecule has 0 saturated heterocycles. The number of phosphoric ester groups is 2. The predicted molar refractivity (Wildman–Crippen MR) is 423 cm³/mol. The van der Waals surface area contributed by atoms with E-state index >= 15 is 0 Å². The van der Waals surface area contributed by atoms with Gasteiger partial charge in [0.15, 0.2) is 12.2 Å². The number of hydrogen-bond acceptors (Lipinski definition) is 15. The van der Waals surface area contributed by atoms with Crippen molar-refractivity contribution in [3.63, 3.8) is 0 Å². The molecule has 0 rings (SSSR count). The van der Waals surface area contributed by atoms with Gasteiger partial charge >= 0.3 is 39.5 Å². The minimum atomic E-state index is -4.96. The molecule has 0 aliphatic heterocycles. The molecule has 0 aromatic carbocycles. The van der Waals surface area contributed by atoms with E-state index < -0.39 is 97.5 Å². The number of carbonyl (C=O) groups excluding carboxylic acids is 4. The highest BCUT2D eigenvalue weighted by Crippen LogP contribution is 2.45. The Balaban J connectivity index is 5.16. The monoisotopic (exact) mass is 1510 g/mol. The molecule has 0 heterocycles. The molecule has 612 valence electrons. The summed E-state index contributed by atoms with van der Waals surface area (Å²) in [7, 11) is -9.92. The van der Waals surface area contributed by atoms with Crippen molar-refractivity contribution in [2.45, 2.75) is 464 Å². The zero-order chi connectivity index (χ0) is 75.6. The molecule has 3 N–H and O–H groups in total. The lowest BCUT2D eigenvalue weighted by atomic mass is 9.99. The molecule has 0 spiro atoms. The number of phosphoric acid groups is 2. The Labute approximate surface area is 632 Å². The molecule has 0 aromatic rings. The molecule has 0 saturated carbocycles. The number of hydrogen-bond donors (Lipinski definition) is 3. The van der Waals surface area contributed by atoms with Crippen LogP contribution in [0.2, 0.25) is 0 Å². The number of ether oxygens (including phenoxy) is 4. The minimum absolute atomic E-state index is 0.106. The van der Waals surface area contributed by atoms with Crippen molar-refractivity contribution in [1.82, 2.24) is 0 Å². The first kappa shape index (κ1) is 101. The van der Waals surface area contributed by atoms with Crippen molar-refractivity contribution >= 4 is 39.5 Å². The lowest BCUT2D eigenvalue weighted by Crippen LogP contribution is -2.30. The van der Waals surface area contributed by atoms with Crippen molar-refractivity contribution in [2.24, 2.45) is 11.8 Å². The fourth-order valence-electron chi connectivity index (χ4n) is 13.0. The van der Waals surface area contributed by atoms with Gasteiger partial charge in [0, 0.05) is 25.7 Å². The van der Waals surface area contributed by atoms with Crippen LogP contribution in [0.3, 0.4) is 0 Å². The molecule has 0 amide bonds. The third-order valence-corrected chi connectivity index (χ3v) is 22.3. The Morgan fingerprint density at radius 1 is 0.272 bits per heavy atom. The Kier molecular flexibility index (Phi) is 74.1. The average Bonchev–Trinajstić information content (AvgIpc) is 0.932. The van der Waals surface area contributed by atoms with Gasteiger partial charge in [-0.05, 0) is 37.5 Å². The quantitative estimate of drug-likeness (QED) is 0.0222. The molecule has 7 atom stereocenters. The molecule has 0 aliphatic carbocycles. The third kappa shape index (κ3) is 75.3. The van der Waals surface area contributed by atoms with E-state index in [0.29, 0.717) is 25.7 Å². The van der Waals surface area contributed by atoms with Crippen LogP contribution in [-0.2, 0) is 65.4 Å². The van der Waals surface area contributed by atoms with Gasteiger partial charge in [-0.25, -0.2) is 9.13 Å². The Morgan fingerprint density at radius 3 is 0.689 bits per heavy atom. The Morgan fingerprint density at radius 2 is 0.466 bits per heavy atom. The van der Waals surface area contributed by atoms with Crippen LogP contribution >= 0.6 is 15.6 Å². The van der Waals surface area contributed by atoms with Crippen LogP contribution in [-0.4, -0.2) is 96.7 Å². The van der Waals surface area contributed by atoms with E-state index in [9.17, 15) is 43.2 Å². The van der Waals surface area contributed by atoms with Crippen molar-refractivity contribution in [3.05, 3.63) is 0 Å². The zero-order valence-electron chi connectivity index (χ0n) is 67.6. The molecular weight excluding hydrogens is 1340 g/mol. The van der Waals surface area contributed by atoms with Crippen LogP contribution in [0, 0.1) is 11.8 Å². The van der Waals surface area contributed by atoms with Gasteiger partial charge in [-0.2, -0.15) is 0 Å². The van der Waals surface area contributed by atoms with E-state index in [0.717, 1.165) is 115 Å².